The molecular formula is C23H23N3O2. The zero-order chi connectivity index (χ0) is 19.5. The Kier molecular flexibility index (Phi) is 5.06. The van der Waals surface area contributed by atoms with Crippen molar-refractivity contribution in [3.05, 3.63) is 66.4 Å². The van der Waals surface area contributed by atoms with E-state index in [0.29, 0.717) is 12.1 Å². The van der Waals surface area contributed by atoms with Crippen molar-refractivity contribution in [1.29, 1.82) is 0 Å². The van der Waals surface area contributed by atoms with Crippen molar-refractivity contribution in [1.82, 2.24) is 15.2 Å². The molecule has 1 atom stereocenters. The highest BCUT2D eigenvalue weighted by Crippen LogP contribution is 2.28. The second kappa shape index (κ2) is 7.80. The fourth-order valence-corrected chi connectivity index (χ4v) is 3.91. The smallest absolute Gasteiger partial charge is 0.253 e. The molecule has 0 bridgehead atoms. The van der Waals surface area contributed by atoms with Crippen molar-refractivity contribution in [2.24, 2.45) is 0 Å². The number of carbonyl (C=O) groups is 2. The molecule has 1 aromatic heterocycles. The van der Waals surface area contributed by atoms with Gasteiger partial charge < -0.3 is 10.2 Å². The van der Waals surface area contributed by atoms with E-state index in [2.05, 4.69) is 10.3 Å². The lowest BCUT2D eigenvalue weighted by Crippen LogP contribution is -2.49. The lowest BCUT2D eigenvalue weighted by atomic mass is 9.99. The summed E-state index contributed by atoms with van der Waals surface area (Å²) in [7, 11) is 0. The Morgan fingerprint density at radius 1 is 1.11 bits per heavy atom. The number of likely N-dealkylation sites (tertiary alicyclic amines) is 1. The third-order valence-electron chi connectivity index (χ3n) is 5.17. The van der Waals surface area contributed by atoms with E-state index in [0.717, 1.165) is 41.4 Å². The summed E-state index contributed by atoms with van der Waals surface area (Å²) in [5.41, 5.74) is 3.58. The molecule has 28 heavy (non-hydrogen) atoms. The van der Waals surface area contributed by atoms with Crippen molar-refractivity contribution < 1.29 is 9.59 Å². The summed E-state index contributed by atoms with van der Waals surface area (Å²) in [6.07, 6.45) is 3.59. The SMILES string of the molecule is CC(=O)NC1CCCN(C(=O)c2cccc(-c3cccc4cccnc34)c2)C1. The highest BCUT2D eigenvalue weighted by atomic mass is 16.2. The molecule has 0 spiro atoms. The Morgan fingerprint density at radius 2 is 1.93 bits per heavy atom. The number of hydrogen-bond donors (Lipinski definition) is 1. The Labute approximate surface area is 164 Å². The van der Waals surface area contributed by atoms with Gasteiger partial charge in [-0.1, -0.05) is 36.4 Å². The van der Waals surface area contributed by atoms with Gasteiger partial charge in [-0.05, 0) is 36.6 Å². The first kappa shape index (κ1) is 18.2. The van der Waals surface area contributed by atoms with E-state index in [-0.39, 0.29) is 17.9 Å². The molecule has 142 valence electrons. The van der Waals surface area contributed by atoms with Gasteiger partial charge in [0.2, 0.25) is 5.91 Å². The maximum absolute atomic E-state index is 13.1. The quantitative estimate of drug-likeness (QED) is 0.762. The minimum absolute atomic E-state index is 0.00472. The van der Waals surface area contributed by atoms with Gasteiger partial charge in [0.1, 0.15) is 0 Å². The average Bonchev–Trinajstić information content (AvgIpc) is 2.72. The minimum Gasteiger partial charge on any atom is -0.352 e. The molecule has 0 aliphatic carbocycles. The number of amides is 2. The number of fused-ring (bicyclic) bond motifs is 1. The molecule has 1 aliphatic heterocycles. The van der Waals surface area contributed by atoms with Crippen LogP contribution in [0.2, 0.25) is 0 Å². The van der Waals surface area contributed by atoms with E-state index in [1.54, 1.807) is 6.20 Å². The van der Waals surface area contributed by atoms with Crippen LogP contribution in [0.4, 0.5) is 0 Å². The van der Waals surface area contributed by atoms with Gasteiger partial charge >= 0.3 is 0 Å². The third-order valence-corrected chi connectivity index (χ3v) is 5.17. The van der Waals surface area contributed by atoms with Gasteiger partial charge in [0.15, 0.2) is 0 Å². The highest BCUT2D eigenvalue weighted by molar-refractivity contribution is 5.98. The van der Waals surface area contributed by atoms with Crippen LogP contribution in [0.25, 0.3) is 22.0 Å². The van der Waals surface area contributed by atoms with Crippen molar-refractivity contribution in [3.63, 3.8) is 0 Å². The summed E-state index contributed by atoms with van der Waals surface area (Å²) in [5.74, 6) is -0.0464. The van der Waals surface area contributed by atoms with Crippen LogP contribution in [0.15, 0.2) is 60.8 Å². The first-order chi connectivity index (χ1) is 13.6. The monoisotopic (exact) mass is 373 g/mol. The number of nitrogens with zero attached hydrogens (tertiary/aromatic N) is 2. The molecule has 3 aromatic rings. The summed E-state index contributed by atoms with van der Waals surface area (Å²) in [4.78, 5) is 30.8. The average molecular weight is 373 g/mol. The highest BCUT2D eigenvalue weighted by Gasteiger charge is 2.25. The molecule has 1 saturated heterocycles. The summed E-state index contributed by atoms with van der Waals surface area (Å²) < 4.78 is 0. The first-order valence-electron chi connectivity index (χ1n) is 9.62. The van der Waals surface area contributed by atoms with E-state index >= 15 is 0 Å². The van der Waals surface area contributed by atoms with Crippen LogP contribution < -0.4 is 5.32 Å². The summed E-state index contributed by atoms with van der Waals surface area (Å²) in [5, 5.41) is 4.01. The first-order valence-corrected chi connectivity index (χ1v) is 9.62. The molecule has 1 N–H and O–H groups in total. The molecule has 5 nitrogen and oxygen atoms in total. The van der Waals surface area contributed by atoms with E-state index in [9.17, 15) is 9.59 Å². The number of aromatic nitrogens is 1. The number of nitrogens with one attached hydrogen (secondary N) is 1. The summed E-state index contributed by atoms with van der Waals surface area (Å²) >= 11 is 0. The van der Waals surface area contributed by atoms with Crippen molar-refractivity contribution in [3.8, 4) is 11.1 Å². The number of rotatable bonds is 3. The van der Waals surface area contributed by atoms with Gasteiger partial charge in [0, 0.05) is 48.8 Å². The van der Waals surface area contributed by atoms with E-state index in [1.807, 2.05) is 59.5 Å². The Hall–Kier alpha value is -3.21. The van der Waals surface area contributed by atoms with Crippen molar-refractivity contribution in [2.45, 2.75) is 25.8 Å². The molecule has 1 aliphatic rings. The minimum atomic E-state index is -0.0512. The molecule has 0 radical (unpaired) electrons. The van der Waals surface area contributed by atoms with E-state index in [1.165, 1.54) is 6.92 Å². The molecular weight excluding hydrogens is 350 g/mol. The molecule has 1 fully saturated rings. The standard InChI is InChI=1S/C23H23N3O2/c1-16(27)25-20-10-5-13-26(15-20)23(28)19-8-2-7-18(14-19)21-11-3-6-17-9-4-12-24-22(17)21/h2-4,6-9,11-12,14,20H,5,10,13,15H2,1H3,(H,25,27). The van der Waals surface area contributed by atoms with Crippen molar-refractivity contribution >= 4 is 22.7 Å². The maximum Gasteiger partial charge on any atom is 0.253 e. The molecule has 2 heterocycles. The van der Waals surface area contributed by atoms with Gasteiger partial charge in [0.25, 0.3) is 5.91 Å². The fourth-order valence-electron chi connectivity index (χ4n) is 3.91. The van der Waals surface area contributed by atoms with E-state index in [4.69, 9.17) is 0 Å². The number of piperidine rings is 1. The van der Waals surface area contributed by atoms with Gasteiger partial charge in [-0.25, -0.2) is 0 Å². The number of carbonyl (C=O) groups excluding carboxylic acids is 2. The Morgan fingerprint density at radius 3 is 2.79 bits per heavy atom. The number of para-hydroxylation sites is 1. The number of pyridine rings is 1. The van der Waals surface area contributed by atoms with Crippen LogP contribution >= 0.6 is 0 Å². The van der Waals surface area contributed by atoms with Gasteiger partial charge in [-0.2, -0.15) is 0 Å². The molecule has 2 amide bonds. The van der Waals surface area contributed by atoms with Crippen LogP contribution in [0.3, 0.4) is 0 Å². The third kappa shape index (κ3) is 3.74. The molecule has 2 aromatic carbocycles. The summed E-state index contributed by atoms with van der Waals surface area (Å²) in [6.45, 7) is 2.79. The number of hydrogen-bond acceptors (Lipinski definition) is 3. The van der Waals surface area contributed by atoms with Crippen LogP contribution in [0.1, 0.15) is 30.1 Å². The zero-order valence-corrected chi connectivity index (χ0v) is 15.9. The Balaban J connectivity index is 1.61. The summed E-state index contributed by atoms with van der Waals surface area (Å²) in [6, 6.07) is 17.8. The fraction of sp³-hybridized carbons (Fsp3) is 0.261. The molecule has 4 rings (SSSR count). The second-order valence-electron chi connectivity index (χ2n) is 7.25. The molecule has 1 unspecified atom stereocenters. The number of benzene rings is 2. The van der Waals surface area contributed by atoms with E-state index < -0.39 is 0 Å². The van der Waals surface area contributed by atoms with Gasteiger partial charge in [-0.3, -0.25) is 14.6 Å². The predicted molar refractivity (Wildman–Crippen MR) is 110 cm³/mol. The van der Waals surface area contributed by atoms with Crippen LogP contribution in [-0.2, 0) is 4.79 Å². The zero-order valence-electron chi connectivity index (χ0n) is 15.9. The molecule has 5 heteroatoms. The largest absolute Gasteiger partial charge is 0.352 e. The second-order valence-corrected chi connectivity index (χ2v) is 7.25. The maximum atomic E-state index is 13.1. The van der Waals surface area contributed by atoms with Crippen LogP contribution in [0, 0.1) is 0 Å². The van der Waals surface area contributed by atoms with Gasteiger partial charge in [0.05, 0.1) is 5.52 Å². The lowest BCUT2D eigenvalue weighted by Gasteiger charge is -2.33. The molecule has 0 saturated carbocycles. The lowest BCUT2D eigenvalue weighted by molar-refractivity contribution is -0.120. The predicted octanol–water partition coefficient (Wildman–Crippen LogP) is 3.64. The normalized spacial score (nSPS) is 16.8. The van der Waals surface area contributed by atoms with Crippen LogP contribution in [0.5, 0.6) is 0 Å². The van der Waals surface area contributed by atoms with Gasteiger partial charge in [-0.15, -0.1) is 0 Å². The Bertz CT molecular complexity index is 1030. The van der Waals surface area contributed by atoms with Crippen LogP contribution in [-0.4, -0.2) is 40.8 Å². The van der Waals surface area contributed by atoms with Crippen molar-refractivity contribution in [2.75, 3.05) is 13.1 Å². The topological polar surface area (TPSA) is 62.3 Å².